The Morgan fingerprint density at radius 1 is 1.15 bits per heavy atom. The lowest BCUT2D eigenvalue weighted by molar-refractivity contribution is 0.538. The van der Waals surface area contributed by atoms with Crippen LogP contribution in [0.5, 0.6) is 0 Å². The van der Waals surface area contributed by atoms with Crippen LogP contribution < -0.4 is 4.90 Å². The van der Waals surface area contributed by atoms with Crippen molar-refractivity contribution in [1.82, 2.24) is 4.98 Å². The maximum atomic E-state index is 9.15. The average molecular weight is 265 g/mol. The lowest BCUT2D eigenvalue weighted by Gasteiger charge is -2.12. The predicted molar refractivity (Wildman–Crippen MR) is 78.0 cm³/mol. The SMILES string of the molecule is N#Cc1nc(C=Cc2ccccc2)oc1N1CCCC1. The van der Waals surface area contributed by atoms with Crippen LogP contribution in [0.15, 0.2) is 34.7 Å². The van der Waals surface area contributed by atoms with Crippen LogP contribution in [-0.2, 0) is 0 Å². The molecule has 0 radical (unpaired) electrons. The summed E-state index contributed by atoms with van der Waals surface area (Å²) in [6.45, 7) is 1.87. The van der Waals surface area contributed by atoms with Crippen molar-refractivity contribution in [3.05, 3.63) is 47.5 Å². The zero-order valence-electron chi connectivity index (χ0n) is 11.1. The number of aromatic nitrogens is 1. The van der Waals surface area contributed by atoms with E-state index in [0.717, 1.165) is 31.5 Å². The van der Waals surface area contributed by atoms with Gasteiger partial charge in [0.2, 0.25) is 17.5 Å². The number of hydrogen-bond donors (Lipinski definition) is 0. The zero-order valence-corrected chi connectivity index (χ0v) is 11.1. The Labute approximate surface area is 118 Å². The highest BCUT2D eigenvalue weighted by Gasteiger charge is 2.21. The average Bonchev–Trinajstić information content (AvgIpc) is 3.15. The molecule has 3 rings (SSSR count). The van der Waals surface area contributed by atoms with E-state index in [2.05, 4.69) is 16.0 Å². The minimum Gasteiger partial charge on any atom is -0.420 e. The van der Waals surface area contributed by atoms with E-state index >= 15 is 0 Å². The van der Waals surface area contributed by atoms with Gasteiger partial charge in [-0.1, -0.05) is 30.3 Å². The van der Waals surface area contributed by atoms with Gasteiger partial charge in [-0.25, -0.2) is 0 Å². The molecular weight excluding hydrogens is 250 g/mol. The fourth-order valence-electron chi connectivity index (χ4n) is 2.34. The molecule has 20 heavy (non-hydrogen) atoms. The lowest BCUT2D eigenvalue weighted by Crippen LogP contribution is -2.17. The molecule has 0 aliphatic carbocycles. The second kappa shape index (κ2) is 5.62. The van der Waals surface area contributed by atoms with Gasteiger partial charge >= 0.3 is 0 Å². The normalized spacial score (nSPS) is 14.8. The smallest absolute Gasteiger partial charge is 0.235 e. The van der Waals surface area contributed by atoms with E-state index in [4.69, 9.17) is 9.68 Å². The molecule has 2 heterocycles. The van der Waals surface area contributed by atoms with Gasteiger partial charge in [0.1, 0.15) is 6.07 Å². The second-order valence-electron chi connectivity index (χ2n) is 4.76. The quantitative estimate of drug-likeness (QED) is 0.854. The molecule has 0 bridgehead atoms. The molecule has 4 nitrogen and oxygen atoms in total. The second-order valence-corrected chi connectivity index (χ2v) is 4.76. The number of nitrogens with zero attached hydrogens (tertiary/aromatic N) is 3. The molecule has 1 saturated heterocycles. The Morgan fingerprint density at radius 3 is 2.60 bits per heavy atom. The van der Waals surface area contributed by atoms with Gasteiger partial charge in [-0.2, -0.15) is 10.2 Å². The first kappa shape index (κ1) is 12.5. The van der Waals surface area contributed by atoms with E-state index < -0.39 is 0 Å². The molecule has 1 fully saturated rings. The molecular formula is C16H15N3O. The highest BCUT2D eigenvalue weighted by Crippen LogP contribution is 2.26. The van der Waals surface area contributed by atoms with Crippen molar-refractivity contribution >= 4 is 18.0 Å². The first-order chi connectivity index (χ1) is 9.86. The summed E-state index contributed by atoms with van der Waals surface area (Å²) in [5.74, 6) is 1.09. The maximum Gasteiger partial charge on any atom is 0.235 e. The van der Waals surface area contributed by atoms with Gasteiger partial charge in [0.05, 0.1) is 0 Å². The van der Waals surface area contributed by atoms with Crippen molar-refractivity contribution in [2.24, 2.45) is 0 Å². The molecule has 1 aromatic heterocycles. The van der Waals surface area contributed by atoms with Crippen LogP contribution in [0.2, 0.25) is 0 Å². The Kier molecular flexibility index (Phi) is 3.51. The number of oxazole rings is 1. The molecule has 1 aliphatic rings. The van der Waals surface area contributed by atoms with Crippen molar-refractivity contribution in [2.75, 3.05) is 18.0 Å². The minimum absolute atomic E-state index is 0.375. The Balaban J connectivity index is 1.84. The Morgan fingerprint density at radius 2 is 1.90 bits per heavy atom. The van der Waals surface area contributed by atoms with Crippen LogP contribution in [0.1, 0.15) is 30.0 Å². The van der Waals surface area contributed by atoms with Crippen molar-refractivity contribution in [3.8, 4) is 6.07 Å². The van der Waals surface area contributed by atoms with Gasteiger partial charge in [-0.3, -0.25) is 0 Å². The van der Waals surface area contributed by atoms with Crippen molar-refractivity contribution in [2.45, 2.75) is 12.8 Å². The van der Waals surface area contributed by atoms with E-state index in [1.807, 2.05) is 36.4 Å². The van der Waals surface area contributed by atoms with Crippen LogP contribution >= 0.6 is 0 Å². The van der Waals surface area contributed by atoms with Crippen molar-refractivity contribution in [1.29, 1.82) is 5.26 Å². The summed E-state index contributed by atoms with van der Waals surface area (Å²) >= 11 is 0. The largest absolute Gasteiger partial charge is 0.420 e. The van der Waals surface area contributed by atoms with Crippen LogP contribution in [-0.4, -0.2) is 18.1 Å². The Bertz CT molecular complexity index is 646. The van der Waals surface area contributed by atoms with Gasteiger partial charge in [0.25, 0.3) is 0 Å². The zero-order chi connectivity index (χ0) is 13.8. The molecule has 2 aromatic rings. The van der Waals surface area contributed by atoms with Crippen molar-refractivity contribution in [3.63, 3.8) is 0 Å². The first-order valence-corrected chi connectivity index (χ1v) is 6.76. The van der Waals surface area contributed by atoms with E-state index in [1.165, 1.54) is 0 Å². The summed E-state index contributed by atoms with van der Waals surface area (Å²) < 4.78 is 5.72. The van der Waals surface area contributed by atoms with Gasteiger partial charge < -0.3 is 9.32 Å². The molecule has 4 heteroatoms. The molecule has 100 valence electrons. The van der Waals surface area contributed by atoms with Crippen molar-refractivity contribution < 1.29 is 4.42 Å². The number of rotatable bonds is 3. The van der Waals surface area contributed by atoms with E-state index in [-0.39, 0.29) is 0 Å². The highest BCUT2D eigenvalue weighted by molar-refractivity contribution is 5.67. The molecule has 0 unspecified atom stereocenters. The first-order valence-electron chi connectivity index (χ1n) is 6.76. The minimum atomic E-state index is 0.375. The fourth-order valence-corrected chi connectivity index (χ4v) is 2.34. The van der Waals surface area contributed by atoms with E-state index in [1.54, 1.807) is 6.08 Å². The summed E-state index contributed by atoms with van der Waals surface area (Å²) in [7, 11) is 0. The van der Waals surface area contributed by atoms with Gasteiger partial charge in [-0.15, -0.1) is 0 Å². The van der Waals surface area contributed by atoms with Crippen LogP contribution in [0.3, 0.4) is 0 Å². The van der Waals surface area contributed by atoms with Gasteiger partial charge in [-0.05, 0) is 24.5 Å². The molecule has 0 atom stereocenters. The van der Waals surface area contributed by atoms with Crippen LogP contribution in [0, 0.1) is 11.3 Å². The third kappa shape index (κ3) is 2.57. The Hall–Kier alpha value is -2.54. The maximum absolute atomic E-state index is 9.15. The molecule has 0 saturated carbocycles. The summed E-state index contributed by atoms with van der Waals surface area (Å²) in [6.07, 6.45) is 6.01. The third-order valence-electron chi connectivity index (χ3n) is 3.34. The molecule has 0 spiro atoms. The number of nitriles is 1. The fraction of sp³-hybridized carbons (Fsp3) is 0.250. The number of anilines is 1. The molecule has 0 N–H and O–H groups in total. The van der Waals surface area contributed by atoms with E-state index in [0.29, 0.717) is 17.5 Å². The summed E-state index contributed by atoms with van der Waals surface area (Å²) in [6, 6.07) is 12.1. The molecule has 0 amide bonds. The molecule has 1 aromatic carbocycles. The highest BCUT2D eigenvalue weighted by atomic mass is 16.4. The van der Waals surface area contributed by atoms with E-state index in [9.17, 15) is 0 Å². The number of benzene rings is 1. The molecule has 1 aliphatic heterocycles. The predicted octanol–water partition coefficient (Wildman–Crippen LogP) is 3.32. The van der Waals surface area contributed by atoms with Crippen LogP contribution in [0.4, 0.5) is 5.88 Å². The standard InChI is InChI=1S/C16H15N3O/c17-12-14-16(19-10-4-5-11-19)20-15(18-14)9-8-13-6-2-1-3-7-13/h1-3,6-9H,4-5,10-11H2. The van der Waals surface area contributed by atoms with Crippen LogP contribution in [0.25, 0.3) is 12.2 Å². The third-order valence-corrected chi connectivity index (χ3v) is 3.34. The van der Waals surface area contributed by atoms with Gasteiger partial charge in [0, 0.05) is 19.2 Å². The topological polar surface area (TPSA) is 53.1 Å². The summed E-state index contributed by atoms with van der Waals surface area (Å²) in [5.41, 5.74) is 1.45. The summed E-state index contributed by atoms with van der Waals surface area (Å²) in [4.78, 5) is 6.32. The monoisotopic (exact) mass is 265 g/mol. The lowest BCUT2D eigenvalue weighted by atomic mass is 10.2. The van der Waals surface area contributed by atoms with Gasteiger partial charge in [0.15, 0.2) is 0 Å². The summed E-state index contributed by atoms with van der Waals surface area (Å²) in [5, 5.41) is 9.15. The number of hydrogen-bond acceptors (Lipinski definition) is 4.